The van der Waals surface area contributed by atoms with Gasteiger partial charge in [-0.2, -0.15) is 0 Å². The highest BCUT2D eigenvalue weighted by molar-refractivity contribution is 7.22. The first kappa shape index (κ1) is 9.53. The summed E-state index contributed by atoms with van der Waals surface area (Å²) >= 11 is 1.20. The molecule has 1 amide bonds. The van der Waals surface area contributed by atoms with E-state index in [1.54, 1.807) is 6.07 Å². The van der Waals surface area contributed by atoms with Gasteiger partial charge in [-0.3, -0.25) is 14.9 Å². The third-order valence-corrected chi connectivity index (χ3v) is 2.71. The Balaban J connectivity index is 2.51. The number of hydrogen-bond acceptors (Lipinski definition) is 5. The van der Waals surface area contributed by atoms with Gasteiger partial charge in [-0.15, -0.1) is 0 Å². The van der Waals surface area contributed by atoms with Crippen LogP contribution in [0, 0.1) is 10.1 Å². The molecule has 0 spiro atoms. The lowest BCUT2D eigenvalue weighted by molar-refractivity contribution is -0.384. The van der Waals surface area contributed by atoms with Gasteiger partial charge in [-0.25, -0.2) is 4.98 Å². The Labute approximate surface area is 87.7 Å². The summed E-state index contributed by atoms with van der Waals surface area (Å²) in [6.07, 6.45) is 0.520. The fourth-order valence-electron chi connectivity index (χ4n) is 1.14. The van der Waals surface area contributed by atoms with Crippen LogP contribution in [0.4, 0.5) is 10.8 Å². The van der Waals surface area contributed by atoms with Crippen LogP contribution < -0.4 is 5.32 Å². The van der Waals surface area contributed by atoms with Gasteiger partial charge in [0, 0.05) is 12.1 Å². The van der Waals surface area contributed by atoms with Gasteiger partial charge in [0.2, 0.25) is 6.41 Å². The molecule has 0 fully saturated rings. The van der Waals surface area contributed by atoms with Gasteiger partial charge >= 0.3 is 0 Å². The average Bonchev–Trinajstić information content (AvgIpc) is 2.59. The minimum absolute atomic E-state index is 0.0174. The molecule has 0 unspecified atom stereocenters. The molecule has 1 heterocycles. The molecule has 2 aromatic rings. The normalized spacial score (nSPS) is 10.1. The Bertz CT molecular complexity index is 537. The van der Waals surface area contributed by atoms with Crippen molar-refractivity contribution in [2.75, 3.05) is 5.32 Å². The maximum atomic E-state index is 10.5. The number of rotatable bonds is 3. The number of nitro groups is 1. The lowest BCUT2D eigenvalue weighted by atomic mass is 10.3. The van der Waals surface area contributed by atoms with Crippen molar-refractivity contribution in [2.24, 2.45) is 0 Å². The highest BCUT2D eigenvalue weighted by Crippen LogP contribution is 2.28. The lowest BCUT2D eigenvalue weighted by Crippen LogP contribution is -1.91. The molecule has 0 saturated carbocycles. The summed E-state index contributed by atoms with van der Waals surface area (Å²) < 4.78 is 0.675. The van der Waals surface area contributed by atoms with E-state index in [-0.39, 0.29) is 5.69 Å². The van der Waals surface area contributed by atoms with E-state index >= 15 is 0 Å². The zero-order chi connectivity index (χ0) is 10.8. The maximum absolute atomic E-state index is 10.5. The highest BCUT2D eigenvalue weighted by Gasteiger charge is 2.09. The van der Waals surface area contributed by atoms with Crippen molar-refractivity contribution in [1.82, 2.24) is 4.98 Å². The molecule has 1 aromatic carbocycles. The van der Waals surface area contributed by atoms with E-state index in [0.29, 0.717) is 21.8 Å². The zero-order valence-electron chi connectivity index (χ0n) is 7.34. The van der Waals surface area contributed by atoms with Crippen molar-refractivity contribution in [1.29, 1.82) is 0 Å². The second-order valence-corrected chi connectivity index (χ2v) is 3.72. The van der Waals surface area contributed by atoms with Gasteiger partial charge in [0.05, 0.1) is 15.1 Å². The number of carbonyl (C=O) groups is 1. The molecule has 7 heteroatoms. The number of fused-ring (bicyclic) bond motifs is 1. The number of non-ortho nitro benzene ring substituents is 1. The Morgan fingerprint density at radius 2 is 2.33 bits per heavy atom. The van der Waals surface area contributed by atoms with Crippen LogP contribution in [0.2, 0.25) is 0 Å². The van der Waals surface area contributed by atoms with Crippen LogP contribution >= 0.6 is 11.3 Å². The van der Waals surface area contributed by atoms with Gasteiger partial charge in [0.15, 0.2) is 5.13 Å². The molecule has 0 saturated heterocycles. The fraction of sp³-hybridized carbons (Fsp3) is 0. The molecule has 76 valence electrons. The first-order chi connectivity index (χ1) is 7.20. The predicted molar refractivity (Wildman–Crippen MR) is 56.0 cm³/mol. The largest absolute Gasteiger partial charge is 0.305 e. The molecule has 0 aliphatic heterocycles. The van der Waals surface area contributed by atoms with Crippen LogP contribution in [0.3, 0.4) is 0 Å². The van der Waals surface area contributed by atoms with Crippen LogP contribution in [-0.2, 0) is 4.79 Å². The van der Waals surface area contributed by atoms with E-state index in [1.807, 2.05) is 0 Å². The quantitative estimate of drug-likeness (QED) is 0.488. The standard InChI is InChI=1S/C8H5N3O3S/c12-4-9-8-10-6-2-1-5(11(13)14)3-7(6)15-8/h1-4H,(H,9,10,12). The molecule has 1 aromatic heterocycles. The van der Waals surface area contributed by atoms with Gasteiger partial charge in [-0.1, -0.05) is 11.3 Å². The molecular weight excluding hydrogens is 218 g/mol. The Morgan fingerprint density at radius 1 is 1.53 bits per heavy atom. The highest BCUT2D eigenvalue weighted by atomic mass is 32.1. The number of nitrogens with zero attached hydrogens (tertiary/aromatic N) is 2. The third-order valence-electron chi connectivity index (χ3n) is 1.77. The molecular formula is C8H5N3O3S. The Morgan fingerprint density at radius 3 is 3.00 bits per heavy atom. The predicted octanol–water partition coefficient (Wildman–Crippen LogP) is 1.77. The molecule has 0 atom stereocenters. The summed E-state index contributed by atoms with van der Waals surface area (Å²) in [6.45, 7) is 0. The molecule has 1 N–H and O–H groups in total. The molecule has 15 heavy (non-hydrogen) atoms. The molecule has 0 aliphatic carbocycles. The van der Waals surface area contributed by atoms with Gasteiger partial charge < -0.3 is 5.32 Å². The van der Waals surface area contributed by atoms with E-state index in [1.165, 1.54) is 23.5 Å². The van der Waals surface area contributed by atoms with Crippen molar-refractivity contribution in [2.45, 2.75) is 0 Å². The minimum Gasteiger partial charge on any atom is -0.305 e. The summed E-state index contributed by atoms with van der Waals surface area (Å²) in [4.78, 5) is 24.3. The van der Waals surface area contributed by atoms with Gasteiger partial charge in [-0.05, 0) is 6.07 Å². The monoisotopic (exact) mass is 223 g/mol. The zero-order valence-corrected chi connectivity index (χ0v) is 8.15. The van der Waals surface area contributed by atoms with Crippen molar-refractivity contribution in [3.05, 3.63) is 28.3 Å². The number of anilines is 1. The van der Waals surface area contributed by atoms with Crippen LogP contribution in [0.15, 0.2) is 18.2 Å². The van der Waals surface area contributed by atoms with Crippen LogP contribution in [-0.4, -0.2) is 16.3 Å². The minimum atomic E-state index is -0.466. The number of aromatic nitrogens is 1. The topological polar surface area (TPSA) is 85.1 Å². The second-order valence-electron chi connectivity index (χ2n) is 2.69. The van der Waals surface area contributed by atoms with E-state index in [0.717, 1.165) is 0 Å². The Kier molecular flexibility index (Phi) is 2.30. The molecule has 0 bridgehead atoms. The average molecular weight is 223 g/mol. The number of thiazole rings is 1. The first-order valence-corrected chi connectivity index (χ1v) is 4.77. The van der Waals surface area contributed by atoms with E-state index in [9.17, 15) is 14.9 Å². The maximum Gasteiger partial charge on any atom is 0.270 e. The first-order valence-electron chi connectivity index (χ1n) is 3.96. The summed E-state index contributed by atoms with van der Waals surface area (Å²) in [5, 5.41) is 13.3. The SMILES string of the molecule is O=CNc1nc2ccc([N+](=O)[O-])cc2s1. The number of nitro benzene ring substituents is 1. The number of amides is 1. The van der Waals surface area contributed by atoms with E-state index < -0.39 is 4.92 Å². The summed E-state index contributed by atoms with van der Waals surface area (Å²) in [5.41, 5.74) is 0.652. The van der Waals surface area contributed by atoms with Crippen molar-refractivity contribution in [3.8, 4) is 0 Å². The number of carbonyl (C=O) groups excluding carboxylic acids is 1. The summed E-state index contributed by atoms with van der Waals surface area (Å²) in [7, 11) is 0. The van der Waals surface area contributed by atoms with E-state index in [2.05, 4.69) is 10.3 Å². The summed E-state index contributed by atoms with van der Waals surface area (Å²) in [5.74, 6) is 0. The van der Waals surface area contributed by atoms with E-state index in [4.69, 9.17) is 0 Å². The molecule has 0 radical (unpaired) electrons. The fourth-order valence-corrected chi connectivity index (χ4v) is 2.00. The summed E-state index contributed by atoms with van der Waals surface area (Å²) in [6, 6.07) is 4.37. The molecule has 0 aliphatic rings. The van der Waals surface area contributed by atoms with Crippen molar-refractivity contribution >= 4 is 38.8 Å². The van der Waals surface area contributed by atoms with Crippen LogP contribution in [0.1, 0.15) is 0 Å². The molecule has 6 nitrogen and oxygen atoms in total. The Hall–Kier alpha value is -2.02. The van der Waals surface area contributed by atoms with Gasteiger partial charge in [0.1, 0.15) is 0 Å². The smallest absolute Gasteiger partial charge is 0.270 e. The van der Waals surface area contributed by atoms with Crippen molar-refractivity contribution < 1.29 is 9.72 Å². The van der Waals surface area contributed by atoms with Crippen LogP contribution in [0.5, 0.6) is 0 Å². The third kappa shape index (κ3) is 1.77. The molecule has 2 rings (SSSR count). The number of nitrogens with one attached hydrogen (secondary N) is 1. The number of benzene rings is 1. The van der Waals surface area contributed by atoms with Gasteiger partial charge in [0.25, 0.3) is 5.69 Å². The van der Waals surface area contributed by atoms with Crippen LogP contribution in [0.25, 0.3) is 10.2 Å². The van der Waals surface area contributed by atoms with Crippen molar-refractivity contribution in [3.63, 3.8) is 0 Å². The second kappa shape index (κ2) is 3.62. The lowest BCUT2D eigenvalue weighted by Gasteiger charge is -1.88. The number of hydrogen-bond donors (Lipinski definition) is 1.